The first kappa shape index (κ1) is 15.7. The molecule has 1 aromatic carbocycles. The lowest BCUT2D eigenvalue weighted by atomic mass is 10.1. The molecule has 0 bridgehead atoms. The Labute approximate surface area is 118 Å². The van der Waals surface area contributed by atoms with E-state index in [9.17, 15) is 9.90 Å². The number of phenols is 1. The van der Waals surface area contributed by atoms with Gasteiger partial charge in [0.15, 0.2) is 11.5 Å². The molecule has 0 radical (unpaired) electrons. The van der Waals surface area contributed by atoms with Crippen LogP contribution in [0.2, 0.25) is 0 Å². The highest BCUT2D eigenvalue weighted by molar-refractivity contribution is 7.98. The van der Waals surface area contributed by atoms with Gasteiger partial charge in [-0.2, -0.15) is 11.8 Å². The molecule has 1 rings (SSSR count). The summed E-state index contributed by atoms with van der Waals surface area (Å²) in [5, 5.41) is 10.0. The van der Waals surface area contributed by atoms with Crippen molar-refractivity contribution in [3.8, 4) is 11.5 Å². The normalized spacial score (nSPS) is 12.0. The van der Waals surface area contributed by atoms with E-state index in [0.717, 1.165) is 12.2 Å². The summed E-state index contributed by atoms with van der Waals surface area (Å²) in [5.74, 6) is 0.916. The Morgan fingerprint density at radius 2 is 2.21 bits per heavy atom. The average molecular weight is 283 g/mol. The first-order valence-electron chi connectivity index (χ1n) is 6.18. The van der Waals surface area contributed by atoms with Crippen molar-refractivity contribution in [3.63, 3.8) is 0 Å². The lowest BCUT2D eigenvalue weighted by Gasteiger charge is -2.27. The maximum absolute atomic E-state index is 12.4. The molecule has 106 valence electrons. The van der Waals surface area contributed by atoms with Crippen LogP contribution in [-0.4, -0.2) is 48.1 Å². The number of carbonyl (C=O) groups is 1. The standard InChI is InChI=1S/C14H21NO3S/c1-5-10(9-19-4)15(2)14(17)11-7-6-8-12(18-3)13(11)16/h6-8,10,16H,5,9H2,1-4H3. The Kier molecular flexibility index (Phi) is 6.02. The second-order valence-corrected chi connectivity index (χ2v) is 5.20. The smallest absolute Gasteiger partial charge is 0.257 e. The van der Waals surface area contributed by atoms with Crippen LogP contribution in [0.1, 0.15) is 23.7 Å². The van der Waals surface area contributed by atoms with Gasteiger partial charge in [0.25, 0.3) is 5.91 Å². The Hall–Kier alpha value is -1.36. The molecular formula is C14H21NO3S. The summed E-state index contributed by atoms with van der Waals surface area (Å²) in [5.41, 5.74) is 0.279. The van der Waals surface area contributed by atoms with Crippen molar-refractivity contribution in [2.75, 3.05) is 26.2 Å². The van der Waals surface area contributed by atoms with E-state index in [4.69, 9.17) is 4.74 Å². The molecule has 0 aromatic heterocycles. The van der Waals surface area contributed by atoms with Gasteiger partial charge in [0.05, 0.1) is 12.7 Å². The van der Waals surface area contributed by atoms with E-state index < -0.39 is 0 Å². The number of hydrogen-bond acceptors (Lipinski definition) is 4. The number of benzene rings is 1. The molecule has 5 heteroatoms. The van der Waals surface area contributed by atoms with Gasteiger partial charge in [0, 0.05) is 18.8 Å². The van der Waals surface area contributed by atoms with Crippen LogP contribution in [-0.2, 0) is 0 Å². The van der Waals surface area contributed by atoms with Crippen molar-refractivity contribution in [1.29, 1.82) is 0 Å². The predicted octanol–water partition coefficient (Wildman–Crippen LogP) is 2.61. The Balaban J connectivity index is 2.99. The third-order valence-electron chi connectivity index (χ3n) is 3.15. The van der Waals surface area contributed by atoms with Crippen LogP contribution in [0.25, 0.3) is 0 Å². The molecule has 1 aromatic rings. The summed E-state index contributed by atoms with van der Waals surface area (Å²) in [6, 6.07) is 5.11. The molecule has 0 fully saturated rings. The van der Waals surface area contributed by atoms with Gasteiger partial charge < -0.3 is 14.7 Å². The number of thioether (sulfide) groups is 1. The molecule has 1 N–H and O–H groups in total. The van der Waals surface area contributed by atoms with Gasteiger partial charge in [-0.3, -0.25) is 4.79 Å². The van der Waals surface area contributed by atoms with Crippen molar-refractivity contribution >= 4 is 17.7 Å². The number of para-hydroxylation sites is 1. The molecular weight excluding hydrogens is 262 g/mol. The Morgan fingerprint density at radius 3 is 2.74 bits per heavy atom. The number of carbonyl (C=O) groups excluding carboxylic acids is 1. The molecule has 0 aliphatic carbocycles. The van der Waals surface area contributed by atoms with Crippen molar-refractivity contribution < 1.29 is 14.6 Å². The Morgan fingerprint density at radius 1 is 1.53 bits per heavy atom. The quantitative estimate of drug-likeness (QED) is 0.872. The zero-order chi connectivity index (χ0) is 14.4. The molecule has 0 aliphatic rings. The number of rotatable bonds is 6. The van der Waals surface area contributed by atoms with Crippen LogP contribution in [0.15, 0.2) is 18.2 Å². The van der Waals surface area contributed by atoms with Gasteiger partial charge in [-0.05, 0) is 24.8 Å². The van der Waals surface area contributed by atoms with Crippen molar-refractivity contribution in [1.82, 2.24) is 4.90 Å². The summed E-state index contributed by atoms with van der Waals surface area (Å²) >= 11 is 1.71. The SMILES string of the molecule is CCC(CSC)N(C)C(=O)c1cccc(OC)c1O. The van der Waals surface area contributed by atoms with Crippen molar-refractivity contribution in [3.05, 3.63) is 23.8 Å². The molecule has 0 aliphatic heterocycles. The minimum absolute atomic E-state index is 0.0964. The van der Waals surface area contributed by atoms with E-state index in [2.05, 4.69) is 6.92 Å². The van der Waals surface area contributed by atoms with Crippen LogP contribution in [0, 0.1) is 0 Å². The average Bonchev–Trinajstić information content (AvgIpc) is 2.43. The summed E-state index contributed by atoms with van der Waals surface area (Å²) in [4.78, 5) is 14.1. The van der Waals surface area contributed by atoms with Gasteiger partial charge in [0.2, 0.25) is 0 Å². The second kappa shape index (κ2) is 7.28. The number of hydrogen-bond donors (Lipinski definition) is 1. The third-order valence-corrected chi connectivity index (χ3v) is 3.87. The van der Waals surface area contributed by atoms with E-state index in [-0.39, 0.29) is 23.3 Å². The number of aromatic hydroxyl groups is 1. The summed E-state index contributed by atoms with van der Waals surface area (Å²) in [6.07, 6.45) is 2.90. The fourth-order valence-electron chi connectivity index (χ4n) is 1.91. The molecule has 0 saturated heterocycles. The minimum Gasteiger partial charge on any atom is -0.504 e. The van der Waals surface area contributed by atoms with Crippen LogP contribution < -0.4 is 4.74 Å². The highest BCUT2D eigenvalue weighted by atomic mass is 32.2. The first-order valence-corrected chi connectivity index (χ1v) is 7.58. The molecule has 1 amide bonds. The molecule has 0 spiro atoms. The number of methoxy groups -OCH3 is 1. The van der Waals surface area contributed by atoms with Crippen molar-refractivity contribution in [2.45, 2.75) is 19.4 Å². The highest BCUT2D eigenvalue weighted by Gasteiger charge is 2.23. The van der Waals surface area contributed by atoms with Crippen LogP contribution in [0.4, 0.5) is 0 Å². The van der Waals surface area contributed by atoms with Gasteiger partial charge >= 0.3 is 0 Å². The maximum Gasteiger partial charge on any atom is 0.257 e. The van der Waals surface area contributed by atoms with Crippen LogP contribution in [0.5, 0.6) is 11.5 Å². The Bertz CT molecular complexity index is 437. The predicted molar refractivity (Wildman–Crippen MR) is 79.2 cm³/mol. The van der Waals surface area contributed by atoms with Gasteiger partial charge in [0.1, 0.15) is 0 Å². The molecule has 4 nitrogen and oxygen atoms in total. The summed E-state index contributed by atoms with van der Waals surface area (Å²) < 4.78 is 5.02. The van der Waals surface area contributed by atoms with Gasteiger partial charge in [-0.25, -0.2) is 0 Å². The zero-order valence-electron chi connectivity index (χ0n) is 11.8. The largest absolute Gasteiger partial charge is 0.504 e. The van der Waals surface area contributed by atoms with E-state index >= 15 is 0 Å². The molecule has 19 heavy (non-hydrogen) atoms. The lowest BCUT2D eigenvalue weighted by molar-refractivity contribution is 0.0740. The first-order chi connectivity index (χ1) is 9.06. The second-order valence-electron chi connectivity index (χ2n) is 4.29. The third kappa shape index (κ3) is 3.56. The number of nitrogens with zero attached hydrogens (tertiary/aromatic N) is 1. The van der Waals surface area contributed by atoms with Crippen LogP contribution in [0.3, 0.4) is 0 Å². The summed E-state index contributed by atoms with van der Waals surface area (Å²) in [6.45, 7) is 2.05. The fourth-order valence-corrected chi connectivity index (χ4v) is 2.76. The van der Waals surface area contributed by atoms with Gasteiger partial charge in [-0.15, -0.1) is 0 Å². The molecule has 0 heterocycles. The van der Waals surface area contributed by atoms with Gasteiger partial charge in [-0.1, -0.05) is 13.0 Å². The van der Waals surface area contributed by atoms with Crippen molar-refractivity contribution in [2.24, 2.45) is 0 Å². The maximum atomic E-state index is 12.4. The monoisotopic (exact) mass is 283 g/mol. The highest BCUT2D eigenvalue weighted by Crippen LogP contribution is 2.30. The molecule has 0 saturated carbocycles. The van der Waals surface area contributed by atoms with E-state index in [1.807, 2.05) is 6.26 Å². The summed E-state index contributed by atoms with van der Waals surface area (Å²) in [7, 11) is 3.24. The van der Waals surface area contributed by atoms with E-state index in [0.29, 0.717) is 5.75 Å². The minimum atomic E-state index is -0.183. The zero-order valence-corrected chi connectivity index (χ0v) is 12.7. The van der Waals surface area contributed by atoms with Crippen LogP contribution >= 0.6 is 11.8 Å². The lowest BCUT2D eigenvalue weighted by Crippen LogP contribution is -2.38. The number of phenolic OH excluding ortho intramolecular Hbond substituents is 1. The topological polar surface area (TPSA) is 49.8 Å². The number of amides is 1. The fraction of sp³-hybridized carbons (Fsp3) is 0.500. The van der Waals surface area contributed by atoms with E-state index in [1.54, 1.807) is 41.9 Å². The number of ether oxygens (including phenoxy) is 1. The molecule has 1 unspecified atom stereocenters. The van der Waals surface area contributed by atoms with E-state index in [1.165, 1.54) is 7.11 Å². The molecule has 1 atom stereocenters.